The summed E-state index contributed by atoms with van der Waals surface area (Å²) in [5, 5.41) is 0. The zero-order chi connectivity index (χ0) is 16.9. The molecule has 0 aliphatic rings. The topological polar surface area (TPSA) is 49.4 Å². The third-order valence-corrected chi connectivity index (χ3v) is 5.60. The van der Waals surface area contributed by atoms with Crippen LogP contribution in [-0.2, 0) is 16.6 Å². The van der Waals surface area contributed by atoms with Gasteiger partial charge < -0.3 is 4.90 Å². The third kappa shape index (κ3) is 4.80. The number of anilines is 1. The molecule has 0 amide bonds. The summed E-state index contributed by atoms with van der Waals surface area (Å²) in [7, 11) is -3.49. The van der Waals surface area contributed by atoms with Crippen LogP contribution in [0.3, 0.4) is 0 Å². The molecule has 0 unspecified atom stereocenters. The molecular formula is C17H21BrN2O2S. The fraction of sp³-hybridized carbons (Fsp3) is 0.294. The van der Waals surface area contributed by atoms with Gasteiger partial charge in [-0.25, -0.2) is 13.1 Å². The van der Waals surface area contributed by atoms with Crippen LogP contribution in [0.2, 0.25) is 0 Å². The average Bonchev–Trinajstić information content (AvgIpc) is 2.56. The van der Waals surface area contributed by atoms with Gasteiger partial charge in [0, 0.05) is 29.8 Å². The molecule has 23 heavy (non-hydrogen) atoms. The molecule has 2 aromatic carbocycles. The summed E-state index contributed by atoms with van der Waals surface area (Å²) < 4.78 is 28.0. The molecular weight excluding hydrogens is 376 g/mol. The van der Waals surface area contributed by atoms with Crippen LogP contribution in [0.15, 0.2) is 57.9 Å². The summed E-state index contributed by atoms with van der Waals surface area (Å²) >= 11 is 3.30. The minimum absolute atomic E-state index is 0.264. The fourth-order valence-electron chi connectivity index (χ4n) is 2.29. The Morgan fingerprint density at radius 2 is 1.52 bits per heavy atom. The first-order valence-electron chi connectivity index (χ1n) is 7.55. The highest BCUT2D eigenvalue weighted by Gasteiger charge is 2.13. The number of halogens is 1. The minimum Gasteiger partial charge on any atom is -0.372 e. The van der Waals surface area contributed by atoms with E-state index in [0.29, 0.717) is 0 Å². The van der Waals surface area contributed by atoms with Crippen molar-refractivity contribution in [2.45, 2.75) is 25.3 Å². The van der Waals surface area contributed by atoms with Crippen molar-refractivity contribution in [1.82, 2.24) is 4.72 Å². The van der Waals surface area contributed by atoms with Gasteiger partial charge in [-0.05, 0) is 55.8 Å². The maximum absolute atomic E-state index is 12.2. The van der Waals surface area contributed by atoms with Crippen LogP contribution in [0.25, 0.3) is 0 Å². The molecule has 0 saturated carbocycles. The van der Waals surface area contributed by atoms with Crippen LogP contribution in [0.5, 0.6) is 0 Å². The molecule has 4 nitrogen and oxygen atoms in total. The van der Waals surface area contributed by atoms with E-state index in [4.69, 9.17) is 0 Å². The Bertz CT molecular complexity index is 724. The maximum Gasteiger partial charge on any atom is 0.240 e. The molecule has 0 spiro atoms. The first kappa shape index (κ1) is 18.0. The molecule has 6 heteroatoms. The molecule has 0 radical (unpaired) electrons. The Hall–Kier alpha value is -1.37. The molecule has 2 rings (SSSR count). The molecule has 124 valence electrons. The molecule has 0 aromatic heterocycles. The van der Waals surface area contributed by atoms with Gasteiger partial charge in [-0.1, -0.05) is 28.1 Å². The fourth-order valence-corrected chi connectivity index (χ4v) is 3.57. The van der Waals surface area contributed by atoms with E-state index in [1.54, 1.807) is 24.3 Å². The zero-order valence-corrected chi connectivity index (χ0v) is 15.7. The summed E-state index contributed by atoms with van der Waals surface area (Å²) in [4.78, 5) is 2.51. The standard InChI is InChI=1S/C17H21BrN2O2S/c1-3-20(4-2)16-9-5-14(6-10-16)13-19-23(21,22)17-11-7-15(18)8-12-17/h5-12,19H,3-4,13H2,1-2H3. The second kappa shape index (κ2) is 7.95. The van der Waals surface area contributed by atoms with Gasteiger partial charge in [0.05, 0.1) is 4.90 Å². The van der Waals surface area contributed by atoms with E-state index in [1.165, 1.54) is 0 Å². The first-order valence-corrected chi connectivity index (χ1v) is 9.83. The van der Waals surface area contributed by atoms with Gasteiger partial charge >= 0.3 is 0 Å². The van der Waals surface area contributed by atoms with E-state index in [0.717, 1.165) is 28.8 Å². The van der Waals surface area contributed by atoms with Crippen LogP contribution in [-0.4, -0.2) is 21.5 Å². The van der Waals surface area contributed by atoms with E-state index in [1.807, 2.05) is 24.3 Å². The second-order valence-corrected chi connectivity index (χ2v) is 7.80. The smallest absolute Gasteiger partial charge is 0.240 e. The predicted octanol–water partition coefficient (Wildman–Crippen LogP) is 3.77. The van der Waals surface area contributed by atoms with Crippen LogP contribution in [0.4, 0.5) is 5.69 Å². The normalized spacial score (nSPS) is 11.4. The lowest BCUT2D eigenvalue weighted by Crippen LogP contribution is -2.23. The Morgan fingerprint density at radius 1 is 0.957 bits per heavy atom. The van der Waals surface area contributed by atoms with Gasteiger partial charge in [0.25, 0.3) is 0 Å². The number of hydrogen-bond donors (Lipinski definition) is 1. The van der Waals surface area contributed by atoms with Crippen LogP contribution in [0, 0.1) is 0 Å². The number of nitrogens with one attached hydrogen (secondary N) is 1. The molecule has 2 aromatic rings. The molecule has 0 atom stereocenters. The summed E-state index contributed by atoms with van der Waals surface area (Å²) in [5.74, 6) is 0. The van der Waals surface area contributed by atoms with E-state index in [9.17, 15) is 8.42 Å². The van der Waals surface area contributed by atoms with Crippen LogP contribution < -0.4 is 9.62 Å². The highest BCUT2D eigenvalue weighted by Crippen LogP contribution is 2.17. The van der Waals surface area contributed by atoms with Gasteiger partial charge in [-0.2, -0.15) is 0 Å². The lowest BCUT2D eigenvalue weighted by atomic mass is 10.2. The highest BCUT2D eigenvalue weighted by molar-refractivity contribution is 9.10. The molecule has 0 heterocycles. The number of sulfonamides is 1. The Balaban J connectivity index is 2.04. The highest BCUT2D eigenvalue weighted by atomic mass is 79.9. The van der Waals surface area contributed by atoms with Gasteiger partial charge in [-0.15, -0.1) is 0 Å². The van der Waals surface area contributed by atoms with Crippen molar-refractivity contribution in [3.8, 4) is 0 Å². The van der Waals surface area contributed by atoms with Crippen LogP contribution in [0.1, 0.15) is 19.4 Å². The summed E-state index contributed by atoms with van der Waals surface area (Å²) in [6.45, 7) is 6.41. The zero-order valence-electron chi connectivity index (χ0n) is 13.3. The lowest BCUT2D eigenvalue weighted by molar-refractivity contribution is 0.581. The lowest BCUT2D eigenvalue weighted by Gasteiger charge is -2.21. The monoisotopic (exact) mass is 396 g/mol. The Morgan fingerprint density at radius 3 is 2.04 bits per heavy atom. The number of nitrogens with zero attached hydrogens (tertiary/aromatic N) is 1. The molecule has 0 bridgehead atoms. The molecule has 0 saturated heterocycles. The van der Waals surface area contributed by atoms with Gasteiger partial charge in [0.15, 0.2) is 0 Å². The van der Waals surface area contributed by atoms with Crippen molar-refractivity contribution in [2.24, 2.45) is 0 Å². The van der Waals surface area contributed by atoms with Crippen molar-refractivity contribution in [3.05, 3.63) is 58.6 Å². The largest absolute Gasteiger partial charge is 0.372 e. The van der Waals surface area contributed by atoms with Crippen LogP contribution >= 0.6 is 15.9 Å². The van der Waals surface area contributed by atoms with E-state index in [-0.39, 0.29) is 11.4 Å². The maximum atomic E-state index is 12.2. The number of rotatable bonds is 7. The molecule has 1 N–H and O–H groups in total. The molecule has 0 fully saturated rings. The molecule has 0 aliphatic heterocycles. The van der Waals surface area contributed by atoms with Crippen molar-refractivity contribution in [3.63, 3.8) is 0 Å². The number of hydrogen-bond acceptors (Lipinski definition) is 3. The van der Waals surface area contributed by atoms with Crippen molar-refractivity contribution in [1.29, 1.82) is 0 Å². The Labute approximate surface area is 146 Å². The van der Waals surface area contributed by atoms with Crippen molar-refractivity contribution >= 4 is 31.6 Å². The Kier molecular flexibility index (Phi) is 6.21. The second-order valence-electron chi connectivity index (χ2n) is 5.12. The summed E-state index contributed by atoms with van der Waals surface area (Å²) in [6.07, 6.45) is 0. The van der Waals surface area contributed by atoms with Crippen molar-refractivity contribution in [2.75, 3.05) is 18.0 Å². The molecule has 0 aliphatic carbocycles. The quantitative estimate of drug-likeness (QED) is 0.774. The predicted molar refractivity (Wildman–Crippen MR) is 98.2 cm³/mol. The van der Waals surface area contributed by atoms with E-state index in [2.05, 4.69) is 39.4 Å². The summed E-state index contributed by atoms with van der Waals surface area (Å²) in [5.41, 5.74) is 2.08. The third-order valence-electron chi connectivity index (χ3n) is 3.66. The number of benzene rings is 2. The summed E-state index contributed by atoms with van der Waals surface area (Å²) in [6, 6.07) is 14.6. The first-order chi connectivity index (χ1) is 11.0. The van der Waals surface area contributed by atoms with Crippen molar-refractivity contribution < 1.29 is 8.42 Å². The minimum atomic E-state index is -3.49. The van der Waals surface area contributed by atoms with E-state index < -0.39 is 10.0 Å². The SMILES string of the molecule is CCN(CC)c1ccc(CNS(=O)(=O)c2ccc(Br)cc2)cc1. The van der Waals surface area contributed by atoms with Gasteiger partial charge in [0.1, 0.15) is 0 Å². The van der Waals surface area contributed by atoms with Gasteiger partial charge in [0.2, 0.25) is 10.0 Å². The van der Waals surface area contributed by atoms with E-state index >= 15 is 0 Å². The van der Waals surface area contributed by atoms with Gasteiger partial charge in [-0.3, -0.25) is 0 Å². The average molecular weight is 397 g/mol.